The van der Waals surface area contributed by atoms with Crippen LogP contribution in [-0.2, 0) is 16.0 Å². The summed E-state index contributed by atoms with van der Waals surface area (Å²) < 4.78 is 6.95. The number of nitrogens with zero attached hydrogens (tertiary/aromatic N) is 5. The van der Waals surface area contributed by atoms with Crippen molar-refractivity contribution in [2.75, 3.05) is 6.61 Å². The Morgan fingerprint density at radius 1 is 1.21 bits per heavy atom. The Kier molecular flexibility index (Phi) is 6.36. The van der Waals surface area contributed by atoms with Crippen LogP contribution in [0.2, 0.25) is 5.02 Å². The van der Waals surface area contributed by atoms with E-state index in [0.717, 1.165) is 24.1 Å². The Bertz CT molecular complexity index is 973. The molecular formula is C20H22ClN5O2. The quantitative estimate of drug-likeness (QED) is 0.564. The number of esters is 1. The van der Waals surface area contributed by atoms with Crippen molar-refractivity contribution >= 4 is 17.6 Å². The number of aryl methyl sites for hydroxylation is 1. The number of hydrogen-bond acceptors (Lipinski definition) is 6. The lowest BCUT2D eigenvalue weighted by Crippen LogP contribution is -2.23. The van der Waals surface area contributed by atoms with E-state index in [-0.39, 0.29) is 6.61 Å². The third-order valence-electron chi connectivity index (χ3n) is 4.40. The van der Waals surface area contributed by atoms with E-state index < -0.39 is 11.9 Å². The molecular weight excluding hydrogens is 378 g/mol. The first-order valence-electron chi connectivity index (χ1n) is 9.20. The van der Waals surface area contributed by atoms with Gasteiger partial charge in [-0.3, -0.25) is 4.79 Å². The number of carbonyl (C=O) groups is 1. The van der Waals surface area contributed by atoms with Crippen LogP contribution in [0.5, 0.6) is 0 Å². The van der Waals surface area contributed by atoms with Gasteiger partial charge < -0.3 is 4.74 Å². The third kappa shape index (κ3) is 3.89. The number of carbonyl (C=O) groups excluding carboxylic acids is 1. The highest BCUT2D eigenvalue weighted by Gasteiger charge is 2.32. The van der Waals surface area contributed by atoms with Gasteiger partial charge >= 0.3 is 5.97 Å². The van der Waals surface area contributed by atoms with Crippen LogP contribution in [0.4, 0.5) is 0 Å². The first-order chi connectivity index (χ1) is 13.6. The van der Waals surface area contributed by atoms with Gasteiger partial charge in [0.15, 0.2) is 5.82 Å². The normalized spacial score (nSPS) is 12.0. The predicted octanol–water partition coefficient (Wildman–Crippen LogP) is 3.67. The fraction of sp³-hybridized carbons (Fsp3) is 0.350. The molecule has 0 radical (unpaired) electrons. The summed E-state index contributed by atoms with van der Waals surface area (Å²) in [4.78, 5) is 26.1. The predicted molar refractivity (Wildman–Crippen MR) is 106 cm³/mol. The van der Waals surface area contributed by atoms with E-state index >= 15 is 0 Å². The minimum atomic E-state index is -0.760. The molecule has 1 atom stereocenters. The zero-order chi connectivity index (χ0) is 20.1. The van der Waals surface area contributed by atoms with Crippen molar-refractivity contribution in [2.45, 2.75) is 39.5 Å². The van der Waals surface area contributed by atoms with Gasteiger partial charge in [0.2, 0.25) is 0 Å². The number of halogens is 1. The van der Waals surface area contributed by atoms with Crippen LogP contribution in [0.15, 0.2) is 36.9 Å². The molecule has 3 heterocycles. The fourth-order valence-corrected chi connectivity index (χ4v) is 3.37. The van der Waals surface area contributed by atoms with Crippen molar-refractivity contribution in [1.29, 1.82) is 0 Å². The van der Waals surface area contributed by atoms with E-state index in [1.54, 1.807) is 42.2 Å². The van der Waals surface area contributed by atoms with Gasteiger partial charge in [-0.05, 0) is 44.0 Å². The van der Waals surface area contributed by atoms with E-state index in [4.69, 9.17) is 16.3 Å². The first kappa shape index (κ1) is 19.9. The third-order valence-corrected chi connectivity index (χ3v) is 4.69. The van der Waals surface area contributed by atoms with Crippen molar-refractivity contribution in [3.8, 4) is 5.82 Å². The average molecular weight is 400 g/mol. The van der Waals surface area contributed by atoms with Crippen molar-refractivity contribution in [2.24, 2.45) is 0 Å². The minimum Gasteiger partial charge on any atom is -0.465 e. The van der Waals surface area contributed by atoms with E-state index in [2.05, 4.69) is 27.0 Å². The molecule has 3 aromatic heterocycles. The molecule has 0 saturated heterocycles. The summed E-state index contributed by atoms with van der Waals surface area (Å²) in [6.07, 6.45) is 6.38. The number of rotatable bonds is 7. The molecule has 0 fully saturated rings. The number of hydrogen-bond donors (Lipinski definition) is 0. The molecule has 146 valence electrons. The smallest absolute Gasteiger partial charge is 0.321 e. The largest absolute Gasteiger partial charge is 0.465 e. The van der Waals surface area contributed by atoms with Crippen LogP contribution >= 0.6 is 11.6 Å². The van der Waals surface area contributed by atoms with E-state index in [9.17, 15) is 4.79 Å². The van der Waals surface area contributed by atoms with E-state index in [1.807, 2.05) is 6.92 Å². The zero-order valence-corrected chi connectivity index (χ0v) is 16.8. The van der Waals surface area contributed by atoms with Gasteiger partial charge in [-0.1, -0.05) is 24.9 Å². The summed E-state index contributed by atoms with van der Waals surface area (Å²) in [6, 6.07) is 5.23. The van der Waals surface area contributed by atoms with Gasteiger partial charge in [0.1, 0.15) is 12.2 Å². The number of ether oxygens (including phenoxy) is 1. The Morgan fingerprint density at radius 3 is 2.75 bits per heavy atom. The molecule has 0 aliphatic carbocycles. The maximum Gasteiger partial charge on any atom is 0.321 e. The Hall–Kier alpha value is -2.80. The van der Waals surface area contributed by atoms with Crippen LogP contribution < -0.4 is 0 Å². The molecule has 28 heavy (non-hydrogen) atoms. The molecule has 0 aromatic carbocycles. The summed E-state index contributed by atoms with van der Waals surface area (Å²) >= 11 is 6.32. The molecule has 8 heteroatoms. The molecule has 3 aromatic rings. The molecule has 0 aliphatic heterocycles. The maximum absolute atomic E-state index is 13.0. The zero-order valence-electron chi connectivity index (χ0n) is 16.1. The minimum absolute atomic E-state index is 0.265. The second-order valence-electron chi connectivity index (χ2n) is 6.23. The van der Waals surface area contributed by atoms with Crippen molar-refractivity contribution in [3.05, 3.63) is 64.6 Å². The molecule has 7 nitrogen and oxygen atoms in total. The highest BCUT2D eigenvalue weighted by atomic mass is 35.5. The molecule has 1 unspecified atom stereocenters. The van der Waals surface area contributed by atoms with E-state index in [0.29, 0.717) is 22.2 Å². The lowest BCUT2D eigenvalue weighted by atomic mass is 9.93. The highest BCUT2D eigenvalue weighted by Crippen LogP contribution is 2.31. The number of aromatic nitrogens is 5. The molecule has 0 aliphatic rings. The molecule has 0 bridgehead atoms. The maximum atomic E-state index is 13.0. The van der Waals surface area contributed by atoms with Crippen LogP contribution in [0.1, 0.15) is 48.8 Å². The van der Waals surface area contributed by atoms with Crippen LogP contribution in [0.25, 0.3) is 5.82 Å². The second kappa shape index (κ2) is 8.93. The topological polar surface area (TPSA) is 82.8 Å². The van der Waals surface area contributed by atoms with Crippen LogP contribution in [0.3, 0.4) is 0 Å². The van der Waals surface area contributed by atoms with Gasteiger partial charge in [0.25, 0.3) is 0 Å². The highest BCUT2D eigenvalue weighted by molar-refractivity contribution is 6.32. The fourth-order valence-electron chi connectivity index (χ4n) is 3.17. The molecule has 0 N–H and O–H groups in total. The van der Waals surface area contributed by atoms with Crippen LogP contribution in [-0.4, -0.2) is 37.3 Å². The molecule has 0 saturated carbocycles. The summed E-state index contributed by atoms with van der Waals surface area (Å²) in [5.74, 6) is -0.711. The summed E-state index contributed by atoms with van der Waals surface area (Å²) in [6.45, 7) is 6.04. The summed E-state index contributed by atoms with van der Waals surface area (Å²) in [7, 11) is 0. The number of pyridine rings is 1. The van der Waals surface area contributed by atoms with Gasteiger partial charge in [0.05, 0.1) is 23.0 Å². The monoisotopic (exact) mass is 399 g/mol. The summed E-state index contributed by atoms with van der Waals surface area (Å²) in [5, 5.41) is 4.79. The standard InChI is InChI=1S/C20H22ClN5O2/c1-4-7-14-13(3)23-12-24-18(14)17(20(27)28-5-2)16-9-11-25-26(16)19-15(21)8-6-10-22-19/h6,8-12,17H,4-5,7H2,1-3H3. The molecule has 3 rings (SSSR count). The van der Waals surface area contributed by atoms with Gasteiger partial charge in [0, 0.05) is 18.1 Å². The van der Waals surface area contributed by atoms with Crippen molar-refractivity contribution in [3.63, 3.8) is 0 Å². The first-order valence-corrected chi connectivity index (χ1v) is 9.58. The Labute approximate surface area is 168 Å². The molecule has 0 spiro atoms. The lowest BCUT2D eigenvalue weighted by molar-refractivity contribution is -0.144. The van der Waals surface area contributed by atoms with Gasteiger partial charge in [-0.25, -0.2) is 19.6 Å². The second-order valence-corrected chi connectivity index (χ2v) is 6.64. The Balaban J connectivity index is 2.20. The molecule has 0 amide bonds. The average Bonchev–Trinajstić information content (AvgIpc) is 3.14. The summed E-state index contributed by atoms with van der Waals surface area (Å²) in [5.41, 5.74) is 3.02. The van der Waals surface area contributed by atoms with Gasteiger partial charge in [-0.2, -0.15) is 5.10 Å². The van der Waals surface area contributed by atoms with Gasteiger partial charge in [-0.15, -0.1) is 0 Å². The van der Waals surface area contributed by atoms with E-state index in [1.165, 1.54) is 6.33 Å². The Morgan fingerprint density at radius 2 is 2.04 bits per heavy atom. The lowest BCUT2D eigenvalue weighted by Gasteiger charge is -2.20. The van der Waals surface area contributed by atoms with Crippen molar-refractivity contribution < 1.29 is 9.53 Å². The SMILES string of the molecule is CCCc1c(C)ncnc1C(C(=O)OCC)c1ccnn1-c1ncccc1Cl. The van der Waals surface area contributed by atoms with Crippen LogP contribution in [0, 0.1) is 6.92 Å². The van der Waals surface area contributed by atoms with Crippen molar-refractivity contribution in [1.82, 2.24) is 24.7 Å².